The van der Waals surface area contributed by atoms with Crippen LogP contribution in [0.4, 0.5) is 0 Å². The highest BCUT2D eigenvalue weighted by Gasteiger charge is 2.22. The molecule has 0 aliphatic rings. The molecule has 0 saturated heterocycles. The zero-order valence-corrected chi connectivity index (χ0v) is 14.0. The fourth-order valence-electron chi connectivity index (χ4n) is 2.62. The Morgan fingerprint density at radius 1 is 0.880 bits per heavy atom. The van der Waals surface area contributed by atoms with E-state index in [-0.39, 0.29) is 5.91 Å². The average molecular weight is 329 g/mol. The predicted octanol–water partition coefficient (Wildman–Crippen LogP) is 3.75. The van der Waals surface area contributed by atoms with Crippen molar-refractivity contribution in [3.63, 3.8) is 0 Å². The number of benzene rings is 2. The Kier molecular flexibility index (Phi) is 5.32. The molecule has 0 bridgehead atoms. The van der Waals surface area contributed by atoms with Crippen LogP contribution in [0.3, 0.4) is 0 Å². The number of aromatic nitrogens is 1. The Balaban J connectivity index is 1.85. The molecule has 1 amide bonds. The number of carbonyl (C=O) groups excluding carboxylic acids is 1. The van der Waals surface area contributed by atoms with Crippen LogP contribution in [-0.4, -0.2) is 16.6 Å². The van der Waals surface area contributed by atoms with Crippen LogP contribution in [-0.2, 0) is 4.79 Å². The lowest BCUT2D eigenvalue weighted by molar-refractivity contribution is -0.121. The highest BCUT2D eigenvalue weighted by Crippen LogP contribution is 2.24. The molecule has 0 saturated carbocycles. The van der Waals surface area contributed by atoms with Crippen LogP contribution in [0.15, 0.2) is 90.2 Å². The summed E-state index contributed by atoms with van der Waals surface area (Å²) < 4.78 is 0. The molecule has 0 atom stereocenters. The molecule has 2 aromatic carbocycles. The molecule has 4 heteroatoms. The number of hydrogen-bond donors (Lipinski definition) is 1. The Morgan fingerprint density at radius 2 is 1.44 bits per heavy atom. The van der Waals surface area contributed by atoms with Gasteiger partial charge in [0.25, 0.3) is 5.91 Å². The van der Waals surface area contributed by atoms with Crippen LogP contribution in [0.25, 0.3) is 0 Å². The van der Waals surface area contributed by atoms with E-state index in [4.69, 9.17) is 0 Å². The van der Waals surface area contributed by atoms with Crippen LogP contribution in [0, 0.1) is 0 Å². The molecule has 0 aliphatic heterocycles. The van der Waals surface area contributed by atoms with Gasteiger partial charge in [-0.25, -0.2) is 5.43 Å². The zero-order chi connectivity index (χ0) is 17.5. The van der Waals surface area contributed by atoms with Crippen molar-refractivity contribution in [3.8, 4) is 0 Å². The van der Waals surface area contributed by atoms with Gasteiger partial charge in [0.15, 0.2) is 0 Å². The summed E-state index contributed by atoms with van der Waals surface area (Å²) in [5, 5.41) is 4.22. The van der Waals surface area contributed by atoms with Gasteiger partial charge in [0.2, 0.25) is 0 Å². The fourth-order valence-corrected chi connectivity index (χ4v) is 2.62. The first-order chi connectivity index (χ1) is 12.3. The molecule has 3 aromatic rings. The molecule has 0 radical (unpaired) electrons. The van der Waals surface area contributed by atoms with Crippen molar-refractivity contribution in [1.82, 2.24) is 10.4 Å². The Bertz CT molecular complexity index is 807. The number of rotatable bonds is 5. The minimum Gasteiger partial charge on any atom is -0.272 e. The molecule has 0 unspecified atom stereocenters. The number of amides is 1. The molecular weight excluding hydrogens is 310 g/mol. The van der Waals surface area contributed by atoms with Gasteiger partial charge in [0.05, 0.1) is 17.3 Å². The summed E-state index contributed by atoms with van der Waals surface area (Å²) in [5.74, 6) is -0.588. The van der Waals surface area contributed by atoms with Gasteiger partial charge < -0.3 is 0 Å². The summed E-state index contributed by atoms with van der Waals surface area (Å²) in [7, 11) is 0. The number of hydrazone groups is 1. The summed E-state index contributed by atoms with van der Waals surface area (Å²) >= 11 is 0. The van der Waals surface area contributed by atoms with Crippen molar-refractivity contribution in [2.45, 2.75) is 12.8 Å². The van der Waals surface area contributed by atoms with Crippen molar-refractivity contribution in [3.05, 3.63) is 102 Å². The van der Waals surface area contributed by atoms with Crippen LogP contribution in [0.5, 0.6) is 0 Å². The second kappa shape index (κ2) is 8.02. The highest BCUT2D eigenvalue weighted by atomic mass is 16.2. The number of hydrogen-bond acceptors (Lipinski definition) is 3. The largest absolute Gasteiger partial charge is 0.272 e. The van der Waals surface area contributed by atoms with Crippen molar-refractivity contribution < 1.29 is 4.79 Å². The van der Waals surface area contributed by atoms with Crippen LogP contribution in [0.2, 0.25) is 0 Å². The Morgan fingerprint density at radius 3 is 1.96 bits per heavy atom. The van der Waals surface area contributed by atoms with E-state index in [2.05, 4.69) is 15.5 Å². The van der Waals surface area contributed by atoms with E-state index >= 15 is 0 Å². The van der Waals surface area contributed by atoms with Crippen LogP contribution >= 0.6 is 0 Å². The van der Waals surface area contributed by atoms with Gasteiger partial charge in [0.1, 0.15) is 0 Å². The lowest BCUT2D eigenvalue weighted by Gasteiger charge is -2.16. The van der Waals surface area contributed by atoms with E-state index < -0.39 is 5.92 Å². The minimum atomic E-state index is -0.414. The molecule has 3 rings (SSSR count). The summed E-state index contributed by atoms with van der Waals surface area (Å²) in [4.78, 5) is 17.1. The third kappa shape index (κ3) is 4.18. The lowest BCUT2D eigenvalue weighted by Crippen LogP contribution is -2.27. The Hall–Kier alpha value is -3.27. The number of carbonyl (C=O) groups is 1. The normalized spacial score (nSPS) is 11.4. The summed E-state index contributed by atoms with van der Waals surface area (Å²) in [6, 6.07) is 25.0. The quantitative estimate of drug-likeness (QED) is 0.572. The first kappa shape index (κ1) is 16.6. The molecule has 1 heterocycles. The number of pyridine rings is 1. The fraction of sp³-hybridized carbons (Fsp3) is 0.0952. The lowest BCUT2D eigenvalue weighted by atomic mass is 9.91. The van der Waals surface area contributed by atoms with E-state index in [1.807, 2.05) is 85.8 Å². The average Bonchev–Trinajstić information content (AvgIpc) is 2.69. The van der Waals surface area contributed by atoms with E-state index in [0.29, 0.717) is 5.71 Å². The van der Waals surface area contributed by atoms with Crippen LogP contribution < -0.4 is 5.43 Å². The van der Waals surface area contributed by atoms with Crippen molar-refractivity contribution >= 4 is 11.6 Å². The first-order valence-electron chi connectivity index (χ1n) is 8.11. The van der Waals surface area contributed by atoms with Crippen LogP contribution in [0.1, 0.15) is 29.7 Å². The van der Waals surface area contributed by atoms with Gasteiger partial charge in [-0.2, -0.15) is 5.10 Å². The monoisotopic (exact) mass is 329 g/mol. The topological polar surface area (TPSA) is 54.4 Å². The smallest absolute Gasteiger partial charge is 0.252 e. The highest BCUT2D eigenvalue weighted by molar-refractivity contribution is 5.98. The maximum Gasteiger partial charge on any atom is 0.252 e. The molecule has 1 aromatic heterocycles. The summed E-state index contributed by atoms with van der Waals surface area (Å²) in [5.41, 5.74) is 5.94. The second-order valence-corrected chi connectivity index (χ2v) is 5.64. The van der Waals surface area contributed by atoms with Gasteiger partial charge in [-0.15, -0.1) is 0 Å². The molecule has 0 fully saturated rings. The van der Waals surface area contributed by atoms with Crippen molar-refractivity contribution in [2.75, 3.05) is 0 Å². The van der Waals surface area contributed by atoms with Gasteiger partial charge >= 0.3 is 0 Å². The van der Waals surface area contributed by atoms with Gasteiger partial charge in [0, 0.05) is 6.20 Å². The number of nitrogens with zero attached hydrogens (tertiary/aromatic N) is 2. The first-order valence-corrected chi connectivity index (χ1v) is 8.11. The van der Waals surface area contributed by atoms with E-state index in [9.17, 15) is 4.79 Å². The molecule has 1 N–H and O–H groups in total. The van der Waals surface area contributed by atoms with E-state index in [1.54, 1.807) is 6.20 Å². The summed E-state index contributed by atoms with van der Waals surface area (Å²) in [6.07, 6.45) is 1.70. The van der Waals surface area contributed by atoms with Crippen molar-refractivity contribution in [1.29, 1.82) is 0 Å². The third-order valence-electron chi connectivity index (χ3n) is 3.90. The van der Waals surface area contributed by atoms with E-state index in [0.717, 1.165) is 16.8 Å². The molecule has 4 nitrogen and oxygen atoms in total. The van der Waals surface area contributed by atoms with Crippen molar-refractivity contribution in [2.24, 2.45) is 5.10 Å². The molecule has 0 spiro atoms. The SMILES string of the molecule is C/C(=N\NC(=O)C(c1ccccc1)c1ccccc1)c1ccccn1. The van der Waals surface area contributed by atoms with Gasteiger partial charge in [-0.05, 0) is 30.2 Å². The predicted molar refractivity (Wildman–Crippen MR) is 99.3 cm³/mol. The maximum atomic E-state index is 12.8. The zero-order valence-electron chi connectivity index (χ0n) is 14.0. The number of nitrogens with one attached hydrogen (secondary N) is 1. The van der Waals surface area contributed by atoms with Gasteiger partial charge in [-0.3, -0.25) is 9.78 Å². The second-order valence-electron chi connectivity index (χ2n) is 5.64. The molecule has 124 valence electrons. The van der Waals surface area contributed by atoms with Gasteiger partial charge in [-0.1, -0.05) is 66.7 Å². The minimum absolute atomic E-state index is 0.173. The summed E-state index contributed by atoms with van der Waals surface area (Å²) in [6.45, 7) is 1.82. The maximum absolute atomic E-state index is 12.8. The standard InChI is InChI=1S/C21H19N3O/c1-16(19-14-8-9-15-22-19)23-24-21(25)20(17-10-4-2-5-11-17)18-12-6-3-7-13-18/h2-15,20H,1H3,(H,24,25)/b23-16+. The third-order valence-corrected chi connectivity index (χ3v) is 3.90. The molecule has 0 aliphatic carbocycles. The molecule has 25 heavy (non-hydrogen) atoms. The Labute approximate surface area is 147 Å². The van der Waals surface area contributed by atoms with E-state index in [1.165, 1.54) is 0 Å². The molecular formula is C21H19N3O.